The van der Waals surface area contributed by atoms with Crippen LogP contribution in [0.2, 0.25) is 0 Å². The molecule has 0 radical (unpaired) electrons. The number of aromatic nitrogens is 1. The highest BCUT2D eigenvalue weighted by molar-refractivity contribution is 7.86. The molecule has 0 N–H and O–H groups in total. The van der Waals surface area contributed by atoms with E-state index in [0.29, 0.717) is 5.69 Å². The van der Waals surface area contributed by atoms with Gasteiger partial charge in [-0.25, -0.2) is 0 Å². The summed E-state index contributed by atoms with van der Waals surface area (Å²) < 4.78 is 69.0. The van der Waals surface area contributed by atoms with Gasteiger partial charge in [0.25, 0.3) is 10.1 Å². The maximum Gasteiger partial charge on any atom is 0.417 e. The number of benzene rings is 1. The summed E-state index contributed by atoms with van der Waals surface area (Å²) in [4.78, 5) is 4.30. The minimum atomic E-state index is -4.39. The number of rotatable bonds is 5. The summed E-state index contributed by atoms with van der Waals surface area (Å²) >= 11 is 0. The summed E-state index contributed by atoms with van der Waals surface area (Å²) in [5.41, 5.74) is 0.517. The van der Waals surface area contributed by atoms with E-state index in [9.17, 15) is 21.6 Å². The molecule has 0 amide bonds. The van der Waals surface area contributed by atoms with E-state index < -0.39 is 21.9 Å². The first-order chi connectivity index (χ1) is 14.0. The Morgan fingerprint density at radius 2 is 1.57 bits per heavy atom. The number of hydrogen-bond acceptors (Lipinski definition) is 4. The van der Waals surface area contributed by atoms with E-state index in [2.05, 4.69) is 4.98 Å². The summed E-state index contributed by atoms with van der Waals surface area (Å²) in [6.45, 7) is 2.03. The number of alkyl halides is 3. The minimum Gasteiger partial charge on any atom is -0.266 e. The topological polar surface area (TPSA) is 56.3 Å². The second kappa shape index (κ2) is 7.34. The first-order valence-electron chi connectivity index (χ1n) is 10.0. The number of halogens is 3. The zero-order chi connectivity index (χ0) is 21.6. The molecule has 4 nitrogen and oxygen atoms in total. The van der Waals surface area contributed by atoms with Gasteiger partial charge in [0.1, 0.15) is 0 Å². The van der Waals surface area contributed by atoms with E-state index in [4.69, 9.17) is 4.18 Å². The van der Waals surface area contributed by atoms with Crippen molar-refractivity contribution in [2.45, 2.75) is 61.9 Å². The molecule has 3 saturated carbocycles. The van der Waals surface area contributed by atoms with Gasteiger partial charge in [0.2, 0.25) is 0 Å². The van der Waals surface area contributed by atoms with Gasteiger partial charge in [0, 0.05) is 17.3 Å². The minimum absolute atomic E-state index is 0.139. The van der Waals surface area contributed by atoms with Crippen molar-refractivity contribution in [2.75, 3.05) is 6.61 Å². The highest BCUT2D eigenvalue weighted by Gasteiger charge is 2.50. The summed E-state index contributed by atoms with van der Waals surface area (Å²) in [6, 6.07) is 9.17. The monoisotopic (exact) mass is 439 g/mol. The average molecular weight is 439 g/mol. The lowest BCUT2D eigenvalue weighted by molar-refractivity contribution is -0.137. The van der Waals surface area contributed by atoms with Gasteiger partial charge < -0.3 is 0 Å². The van der Waals surface area contributed by atoms with Crippen molar-refractivity contribution in [3.63, 3.8) is 0 Å². The fraction of sp³-hybridized carbons (Fsp3) is 0.500. The number of hydrogen-bond donors (Lipinski definition) is 0. The van der Waals surface area contributed by atoms with Gasteiger partial charge in [-0.1, -0.05) is 17.7 Å². The van der Waals surface area contributed by atoms with Crippen molar-refractivity contribution < 1.29 is 25.8 Å². The molecule has 0 atom stereocenters. The molecule has 8 heteroatoms. The van der Waals surface area contributed by atoms with Crippen molar-refractivity contribution in [2.24, 2.45) is 5.41 Å². The number of pyridine rings is 1. The summed E-state index contributed by atoms with van der Waals surface area (Å²) in [6.07, 6.45) is 1.19. The number of fused-ring (bicyclic) bond motifs is 3. The molecule has 0 saturated heterocycles. The quantitative estimate of drug-likeness (QED) is 0.585. The van der Waals surface area contributed by atoms with Gasteiger partial charge >= 0.3 is 6.18 Å². The molecule has 2 aromatic rings. The molecule has 3 aliphatic rings. The molecule has 5 rings (SSSR count). The lowest BCUT2D eigenvalue weighted by Crippen LogP contribution is -2.46. The highest BCUT2D eigenvalue weighted by Crippen LogP contribution is 2.57. The molecular formula is C22H24F3NO3S. The summed E-state index contributed by atoms with van der Waals surface area (Å²) in [5, 5.41) is 0. The van der Waals surface area contributed by atoms with Crippen LogP contribution in [0, 0.1) is 12.3 Å². The Morgan fingerprint density at radius 3 is 2.07 bits per heavy atom. The van der Waals surface area contributed by atoms with Crippen LogP contribution in [0.1, 0.15) is 55.3 Å². The van der Waals surface area contributed by atoms with Crippen LogP contribution >= 0.6 is 0 Å². The van der Waals surface area contributed by atoms with Crippen LogP contribution in [0.4, 0.5) is 13.2 Å². The van der Waals surface area contributed by atoms with Crippen LogP contribution in [0.15, 0.2) is 47.5 Å². The largest absolute Gasteiger partial charge is 0.417 e. The van der Waals surface area contributed by atoms with Gasteiger partial charge in [-0.2, -0.15) is 21.6 Å². The average Bonchev–Trinajstić information content (AvgIpc) is 2.74. The third-order valence-electron chi connectivity index (χ3n) is 6.87. The Labute approximate surface area is 174 Å². The first kappa shape index (κ1) is 21.3. The molecule has 2 bridgehead atoms. The molecule has 1 heterocycles. The fourth-order valence-corrected chi connectivity index (χ4v) is 5.73. The van der Waals surface area contributed by atoms with Crippen LogP contribution in [-0.4, -0.2) is 20.0 Å². The normalized spacial score (nSPS) is 26.7. The molecule has 1 aromatic carbocycles. The van der Waals surface area contributed by atoms with Crippen molar-refractivity contribution in [1.29, 1.82) is 0 Å². The molecule has 3 aliphatic carbocycles. The van der Waals surface area contributed by atoms with Crippen LogP contribution in [0.5, 0.6) is 0 Å². The molecule has 0 unspecified atom stereocenters. The Balaban J connectivity index is 1.43. The van der Waals surface area contributed by atoms with Crippen molar-refractivity contribution in [3.05, 3.63) is 59.4 Å². The van der Waals surface area contributed by atoms with Crippen LogP contribution in [0.25, 0.3) is 0 Å². The Kier molecular flexibility index (Phi) is 5.21. The number of nitrogens with zero attached hydrogens (tertiary/aromatic N) is 1. The van der Waals surface area contributed by atoms with Crippen molar-refractivity contribution >= 4 is 10.1 Å². The summed E-state index contributed by atoms with van der Waals surface area (Å²) in [7, 11) is -3.81. The van der Waals surface area contributed by atoms with Gasteiger partial charge in [-0.15, -0.1) is 0 Å². The Bertz CT molecular complexity index is 991. The predicted molar refractivity (Wildman–Crippen MR) is 105 cm³/mol. The zero-order valence-electron chi connectivity index (χ0n) is 16.7. The number of aryl methyl sites for hydroxylation is 1. The Morgan fingerprint density at radius 1 is 0.967 bits per heavy atom. The van der Waals surface area contributed by atoms with Gasteiger partial charge in [-0.3, -0.25) is 9.17 Å². The summed E-state index contributed by atoms with van der Waals surface area (Å²) in [5.74, 6) is 0. The molecule has 0 aliphatic heterocycles. The molecule has 1 aromatic heterocycles. The van der Waals surface area contributed by atoms with E-state index in [0.717, 1.165) is 56.4 Å². The van der Waals surface area contributed by atoms with Gasteiger partial charge in [0.15, 0.2) is 0 Å². The lowest BCUT2D eigenvalue weighted by Gasteiger charge is -2.53. The van der Waals surface area contributed by atoms with E-state index in [1.54, 1.807) is 24.3 Å². The first-order valence-corrected chi connectivity index (χ1v) is 11.4. The van der Waals surface area contributed by atoms with E-state index in [-0.39, 0.29) is 22.3 Å². The molecule has 162 valence electrons. The van der Waals surface area contributed by atoms with E-state index >= 15 is 0 Å². The molecule has 0 spiro atoms. The van der Waals surface area contributed by atoms with E-state index in [1.807, 2.05) is 6.92 Å². The van der Waals surface area contributed by atoms with Crippen LogP contribution in [-0.2, 0) is 25.9 Å². The predicted octanol–water partition coefficient (Wildman–Crippen LogP) is 5.41. The highest BCUT2D eigenvalue weighted by atomic mass is 32.2. The second-order valence-electron chi connectivity index (χ2n) is 8.74. The second-order valence-corrected chi connectivity index (χ2v) is 10.4. The van der Waals surface area contributed by atoms with Crippen LogP contribution in [0.3, 0.4) is 0 Å². The zero-order valence-corrected chi connectivity index (χ0v) is 17.5. The SMILES string of the molecule is Cc1ccc(S(=O)(=O)OCC23CCC(c4ccc(C(F)(F)F)cn4)(CC2)CC3)cc1. The van der Waals surface area contributed by atoms with Crippen molar-refractivity contribution in [3.8, 4) is 0 Å². The maximum atomic E-state index is 12.8. The maximum absolute atomic E-state index is 12.8. The molecule has 3 fully saturated rings. The van der Waals surface area contributed by atoms with E-state index in [1.165, 1.54) is 6.07 Å². The molecular weight excluding hydrogens is 415 g/mol. The third-order valence-corrected chi connectivity index (χ3v) is 8.14. The fourth-order valence-electron chi connectivity index (χ4n) is 4.71. The van der Waals surface area contributed by atoms with Gasteiger partial charge in [-0.05, 0) is 75.1 Å². The third kappa shape index (κ3) is 3.99. The lowest BCUT2D eigenvalue weighted by atomic mass is 9.53. The standard InChI is InChI=1S/C22H24F3NO3S/c1-16-2-5-18(6-3-16)30(27,28)29-15-20-8-11-21(12-9-20,13-10-20)19-7-4-17(14-26-19)22(23,24)25/h2-7,14H,8-13,15H2,1H3. The Hall–Kier alpha value is -1.93. The molecule has 30 heavy (non-hydrogen) atoms. The van der Waals surface area contributed by atoms with Crippen LogP contribution < -0.4 is 0 Å². The van der Waals surface area contributed by atoms with Crippen molar-refractivity contribution in [1.82, 2.24) is 4.98 Å². The van der Waals surface area contributed by atoms with Gasteiger partial charge in [0.05, 0.1) is 17.1 Å². The smallest absolute Gasteiger partial charge is 0.266 e.